The number of carbonyl (C=O) groups is 1. The van der Waals surface area contributed by atoms with Gasteiger partial charge in [-0.05, 0) is 53.6 Å². The van der Waals surface area contributed by atoms with Gasteiger partial charge in [0.1, 0.15) is 6.04 Å². The third kappa shape index (κ3) is 2.73. The molecule has 0 saturated heterocycles. The van der Waals surface area contributed by atoms with E-state index in [-0.39, 0.29) is 17.7 Å². The van der Waals surface area contributed by atoms with Gasteiger partial charge in [0.15, 0.2) is 5.78 Å². The van der Waals surface area contributed by atoms with Crippen LogP contribution < -0.4 is 5.32 Å². The number of nitrogens with zero attached hydrogens (tertiary/aromatic N) is 2. The number of hydrogen-bond acceptors (Lipinski definition) is 4. The number of nitrogens with one attached hydrogen (secondary N) is 1. The zero-order valence-corrected chi connectivity index (χ0v) is 17.6. The average molecular weight is 432 g/mol. The lowest BCUT2D eigenvalue weighted by Crippen LogP contribution is -2.32. The molecule has 0 saturated carbocycles. The zero-order valence-electron chi connectivity index (χ0n) is 16.0. The third-order valence-corrected chi connectivity index (χ3v) is 7.23. The molecule has 6 rings (SSSR count). The summed E-state index contributed by atoms with van der Waals surface area (Å²) in [6, 6.07) is 20.0. The quantitative estimate of drug-likeness (QED) is 0.413. The van der Waals surface area contributed by atoms with Gasteiger partial charge in [0.05, 0.1) is 11.0 Å². The number of ketones is 1. The molecule has 6 heteroatoms. The molecule has 4 aromatic rings. The lowest BCUT2D eigenvalue weighted by molar-refractivity contribution is -0.116. The van der Waals surface area contributed by atoms with E-state index in [2.05, 4.69) is 27.4 Å². The fraction of sp³-hybridized carbons (Fsp3) is 0.167. The Morgan fingerprint density at radius 1 is 1.03 bits per heavy atom. The van der Waals surface area contributed by atoms with Gasteiger partial charge in [-0.2, -0.15) is 0 Å². The topological polar surface area (TPSA) is 46.9 Å². The Bertz CT molecular complexity index is 1300. The molecule has 0 spiro atoms. The number of hydrogen-bond donors (Lipinski definition) is 1. The number of allylic oxidation sites excluding steroid dienone is 2. The van der Waals surface area contributed by atoms with Gasteiger partial charge in [-0.25, -0.2) is 4.98 Å². The predicted octanol–water partition coefficient (Wildman–Crippen LogP) is 6.17. The number of thiophene rings is 1. The van der Waals surface area contributed by atoms with Crippen LogP contribution in [0.15, 0.2) is 77.3 Å². The minimum Gasteiger partial charge on any atom is -0.329 e. The van der Waals surface area contributed by atoms with Crippen LogP contribution in [-0.2, 0) is 4.79 Å². The first kappa shape index (κ1) is 17.9. The summed E-state index contributed by atoms with van der Waals surface area (Å²) in [5, 5.41) is 6.29. The SMILES string of the molecule is O=C1CC(c2ccc(Cl)cc2)CC2=C1C(c1cccs1)n1c(nc3ccccc31)N2. The number of Topliss-reactive ketones (excluding diaryl/α,β-unsaturated/α-hetero) is 1. The number of carbonyl (C=O) groups excluding carboxylic acids is 1. The van der Waals surface area contributed by atoms with Crippen LogP contribution in [0.4, 0.5) is 5.95 Å². The molecule has 1 aliphatic heterocycles. The van der Waals surface area contributed by atoms with Crippen molar-refractivity contribution in [3.05, 3.63) is 92.8 Å². The minimum atomic E-state index is -0.137. The summed E-state index contributed by atoms with van der Waals surface area (Å²) in [7, 11) is 0. The van der Waals surface area contributed by atoms with Crippen LogP contribution in [0.25, 0.3) is 11.0 Å². The van der Waals surface area contributed by atoms with E-state index in [0.717, 1.165) is 45.1 Å². The number of rotatable bonds is 2. The highest BCUT2D eigenvalue weighted by Crippen LogP contribution is 2.46. The highest BCUT2D eigenvalue weighted by molar-refractivity contribution is 7.10. The van der Waals surface area contributed by atoms with Crippen molar-refractivity contribution in [2.75, 3.05) is 5.32 Å². The van der Waals surface area contributed by atoms with Gasteiger partial charge in [0, 0.05) is 27.6 Å². The van der Waals surface area contributed by atoms with E-state index >= 15 is 0 Å². The summed E-state index contributed by atoms with van der Waals surface area (Å²) in [5.41, 5.74) is 4.99. The van der Waals surface area contributed by atoms with Gasteiger partial charge in [-0.3, -0.25) is 9.36 Å². The van der Waals surface area contributed by atoms with Crippen molar-refractivity contribution in [1.29, 1.82) is 0 Å². The Hall–Kier alpha value is -2.89. The molecule has 0 radical (unpaired) electrons. The van der Waals surface area contributed by atoms with Gasteiger partial charge in [-0.1, -0.05) is 41.9 Å². The van der Waals surface area contributed by atoms with Crippen molar-refractivity contribution in [3.8, 4) is 0 Å². The average Bonchev–Trinajstić information content (AvgIpc) is 3.40. The monoisotopic (exact) mass is 431 g/mol. The number of fused-ring (bicyclic) bond motifs is 3. The molecule has 3 heterocycles. The lowest BCUT2D eigenvalue weighted by atomic mass is 9.79. The Morgan fingerprint density at radius 2 is 1.87 bits per heavy atom. The van der Waals surface area contributed by atoms with E-state index in [1.54, 1.807) is 11.3 Å². The first-order valence-corrected chi connectivity index (χ1v) is 11.2. The van der Waals surface area contributed by atoms with Crippen LogP contribution in [0.2, 0.25) is 5.02 Å². The number of para-hydroxylation sites is 2. The fourth-order valence-corrected chi connectivity index (χ4v) is 5.66. The van der Waals surface area contributed by atoms with Crippen molar-refractivity contribution < 1.29 is 4.79 Å². The number of halogens is 1. The first-order chi connectivity index (χ1) is 14.7. The number of aromatic nitrogens is 2. The molecule has 148 valence electrons. The normalized spacial score (nSPS) is 20.8. The first-order valence-electron chi connectivity index (χ1n) is 9.98. The highest BCUT2D eigenvalue weighted by atomic mass is 35.5. The number of anilines is 1. The maximum absolute atomic E-state index is 13.5. The summed E-state index contributed by atoms with van der Waals surface area (Å²) >= 11 is 7.75. The van der Waals surface area contributed by atoms with Crippen LogP contribution in [0.1, 0.15) is 35.2 Å². The van der Waals surface area contributed by atoms with Crippen LogP contribution in [0, 0.1) is 0 Å². The van der Waals surface area contributed by atoms with Crippen molar-refractivity contribution in [3.63, 3.8) is 0 Å². The van der Waals surface area contributed by atoms with Crippen molar-refractivity contribution in [2.45, 2.75) is 24.8 Å². The Labute approximate surface area is 182 Å². The summed E-state index contributed by atoms with van der Waals surface area (Å²) in [6.07, 6.45) is 1.29. The summed E-state index contributed by atoms with van der Waals surface area (Å²) in [6.45, 7) is 0. The molecular weight excluding hydrogens is 414 g/mol. The second kappa shape index (κ2) is 6.83. The Balaban J connectivity index is 1.50. The molecule has 0 fully saturated rings. The molecule has 1 N–H and O–H groups in total. The lowest BCUT2D eigenvalue weighted by Gasteiger charge is -2.35. The predicted molar refractivity (Wildman–Crippen MR) is 121 cm³/mol. The van der Waals surface area contributed by atoms with Crippen molar-refractivity contribution >= 4 is 45.7 Å². The molecule has 2 aromatic carbocycles. The van der Waals surface area contributed by atoms with Gasteiger partial charge in [0.25, 0.3) is 0 Å². The third-order valence-electron chi connectivity index (χ3n) is 6.05. The Morgan fingerprint density at radius 3 is 2.67 bits per heavy atom. The molecule has 0 bridgehead atoms. The van der Waals surface area contributed by atoms with Crippen LogP contribution in [0.3, 0.4) is 0 Å². The molecule has 1 aliphatic carbocycles. The number of benzene rings is 2. The van der Waals surface area contributed by atoms with E-state index in [1.165, 1.54) is 0 Å². The highest BCUT2D eigenvalue weighted by Gasteiger charge is 2.39. The largest absolute Gasteiger partial charge is 0.329 e. The number of imidazole rings is 1. The van der Waals surface area contributed by atoms with Gasteiger partial charge >= 0.3 is 0 Å². The molecule has 0 amide bonds. The molecule has 2 aliphatic rings. The van der Waals surface area contributed by atoms with Gasteiger partial charge in [0.2, 0.25) is 5.95 Å². The summed E-state index contributed by atoms with van der Waals surface area (Å²) in [4.78, 5) is 19.5. The molecule has 2 unspecified atom stereocenters. The standard InChI is InChI=1S/C24H18ClN3OS/c25-16-9-7-14(8-10-16)15-12-18-22(20(29)13-15)23(21-6-3-11-30-21)28-19-5-2-1-4-17(19)26-24(28)27-18/h1-11,15,23H,12-13H2,(H,26,27). The zero-order chi connectivity index (χ0) is 20.2. The molecule has 2 aromatic heterocycles. The summed E-state index contributed by atoms with van der Waals surface area (Å²) in [5.74, 6) is 1.14. The van der Waals surface area contributed by atoms with E-state index < -0.39 is 0 Å². The van der Waals surface area contributed by atoms with Crippen LogP contribution in [0.5, 0.6) is 0 Å². The van der Waals surface area contributed by atoms with E-state index in [9.17, 15) is 4.79 Å². The van der Waals surface area contributed by atoms with E-state index in [1.807, 2.05) is 48.5 Å². The maximum atomic E-state index is 13.5. The Kier molecular flexibility index (Phi) is 4.08. The minimum absolute atomic E-state index is 0.137. The fourth-order valence-electron chi connectivity index (χ4n) is 4.71. The second-order valence-corrected chi connectivity index (χ2v) is 9.22. The summed E-state index contributed by atoms with van der Waals surface area (Å²) < 4.78 is 2.18. The molecule has 2 atom stereocenters. The molecule has 30 heavy (non-hydrogen) atoms. The van der Waals surface area contributed by atoms with Crippen LogP contribution in [-0.4, -0.2) is 15.3 Å². The molecule has 4 nitrogen and oxygen atoms in total. The van der Waals surface area contributed by atoms with Crippen molar-refractivity contribution in [1.82, 2.24) is 9.55 Å². The second-order valence-electron chi connectivity index (χ2n) is 7.81. The van der Waals surface area contributed by atoms with Gasteiger partial charge in [-0.15, -0.1) is 11.3 Å². The van der Waals surface area contributed by atoms with E-state index in [4.69, 9.17) is 16.6 Å². The maximum Gasteiger partial charge on any atom is 0.209 e. The van der Waals surface area contributed by atoms with E-state index in [0.29, 0.717) is 11.4 Å². The molecular formula is C24H18ClN3OS. The van der Waals surface area contributed by atoms with Crippen molar-refractivity contribution in [2.24, 2.45) is 0 Å². The van der Waals surface area contributed by atoms with Crippen LogP contribution >= 0.6 is 22.9 Å². The van der Waals surface area contributed by atoms with Gasteiger partial charge < -0.3 is 5.32 Å². The smallest absolute Gasteiger partial charge is 0.209 e.